The molecule has 150 valence electrons. The number of nitrogens with zero attached hydrogens (tertiary/aromatic N) is 1. The molecule has 0 atom stereocenters. The second-order valence-electron chi connectivity index (χ2n) is 6.30. The number of carbonyl (C=O) groups is 1. The van der Waals surface area contributed by atoms with Crippen LogP contribution in [-0.2, 0) is 16.6 Å². The van der Waals surface area contributed by atoms with Crippen molar-refractivity contribution in [3.63, 3.8) is 0 Å². The van der Waals surface area contributed by atoms with E-state index < -0.39 is 10.0 Å². The van der Waals surface area contributed by atoms with Crippen LogP contribution in [0.3, 0.4) is 0 Å². The molecular weight excluding hydrogens is 388 g/mol. The number of benzene rings is 3. The number of rotatable bonds is 7. The van der Waals surface area contributed by atoms with Gasteiger partial charge < -0.3 is 10.1 Å². The Kier molecular flexibility index (Phi) is 6.19. The fourth-order valence-corrected chi connectivity index (χ4v) is 4.18. The van der Waals surface area contributed by atoms with Crippen molar-refractivity contribution in [2.75, 3.05) is 18.5 Å². The van der Waals surface area contributed by atoms with Crippen LogP contribution in [0.5, 0.6) is 5.75 Å². The van der Waals surface area contributed by atoms with E-state index in [0.29, 0.717) is 11.4 Å². The lowest BCUT2D eigenvalue weighted by Gasteiger charge is -2.22. The van der Waals surface area contributed by atoms with Crippen molar-refractivity contribution in [2.45, 2.75) is 11.4 Å². The molecule has 0 saturated carbocycles. The third-order valence-electron chi connectivity index (χ3n) is 4.52. The van der Waals surface area contributed by atoms with E-state index >= 15 is 0 Å². The zero-order valence-electron chi connectivity index (χ0n) is 16.2. The van der Waals surface area contributed by atoms with Crippen molar-refractivity contribution < 1.29 is 17.9 Å². The molecule has 0 radical (unpaired) electrons. The molecule has 3 rings (SSSR count). The molecule has 0 bridgehead atoms. The topological polar surface area (TPSA) is 75.7 Å². The summed E-state index contributed by atoms with van der Waals surface area (Å²) in [5, 5.41) is 2.84. The van der Waals surface area contributed by atoms with E-state index in [4.69, 9.17) is 4.74 Å². The van der Waals surface area contributed by atoms with E-state index in [1.807, 2.05) is 24.3 Å². The predicted molar refractivity (Wildman–Crippen MR) is 113 cm³/mol. The Balaban J connectivity index is 1.86. The number of hydrogen-bond donors (Lipinski definition) is 1. The van der Waals surface area contributed by atoms with Crippen molar-refractivity contribution in [3.05, 3.63) is 90.0 Å². The molecule has 0 aliphatic heterocycles. The molecule has 0 heterocycles. The molecule has 0 aliphatic rings. The third-order valence-corrected chi connectivity index (χ3v) is 6.31. The number of amides is 1. The van der Waals surface area contributed by atoms with E-state index in [0.717, 1.165) is 9.87 Å². The van der Waals surface area contributed by atoms with Crippen LogP contribution >= 0.6 is 0 Å². The molecule has 1 N–H and O–H groups in total. The lowest BCUT2D eigenvalue weighted by atomic mass is 10.1. The smallest absolute Gasteiger partial charge is 0.264 e. The van der Waals surface area contributed by atoms with E-state index in [9.17, 15) is 13.2 Å². The van der Waals surface area contributed by atoms with E-state index in [1.165, 1.54) is 19.2 Å². The van der Waals surface area contributed by atoms with Crippen molar-refractivity contribution in [1.29, 1.82) is 0 Å². The summed E-state index contributed by atoms with van der Waals surface area (Å²) in [4.78, 5) is 13.0. The average molecular weight is 410 g/mol. The van der Waals surface area contributed by atoms with Crippen LogP contribution < -0.4 is 14.4 Å². The number of nitrogens with one attached hydrogen (secondary N) is 1. The fraction of sp³-hybridized carbons (Fsp3) is 0.136. The number of methoxy groups -OCH3 is 1. The molecule has 3 aromatic rings. The van der Waals surface area contributed by atoms with Crippen LogP contribution in [0.4, 0.5) is 5.69 Å². The van der Waals surface area contributed by atoms with Crippen molar-refractivity contribution >= 4 is 21.6 Å². The average Bonchev–Trinajstić information content (AvgIpc) is 2.77. The van der Waals surface area contributed by atoms with Crippen molar-refractivity contribution in [1.82, 2.24) is 5.32 Å². The van der Waals surface area contributed by atoms with Gasteiger partial charge >= 0.3 is 0 Å². The lowest BCUT2D eigenvalue weighted by molar-refractivity contribution is 0.0951. The summed E-state index contributed by atoms with van der Waals surface area (Å²) in [6, 6.07) is 22.1. The van der Waals surface area contributed by atoms with Gasteiger partial charge in [0.15, 0.2) is 0 Å². The fourth-order valence-electron chi connectivity index (χ4n) is 2.94. The zero-order valence-corrected chi connectivity index (χ0v) is 17.0. The van der Waals surface area contributed by atoms with Crippen molar-refractivity contribution in [3.8, 4) is 5.75 Å². The SMILES string of the molecule is COc1ccccc1CNC(=O)c1ccccc1N(C)S(=O)(=O)c1ccccc1. The van der Waals surface area contributed by atoms with Gasteiger partial charge in [0, 0.05) is 19.2 Å². The number of ether oxygens (including phenoxy) is 1. The Labute approximate surface area is 170 Å². The highest BCUT2D eigenvalue weighted by Gasteiger charge is 2.24. The predicted octanol–water partition coefficient (Wildman–Crippen LogP) is 3.45. The molecule has 1 amide bonds. The molecular formula is C22H22N2O4S. The molecule has 0 saturated heterocycles. The standard InChI is InChI=1S/C22H22N2O4S/c1-24(29(26,27)18-11-4-3-5-12-18)20-14-8-7-13-19(20)22(25)23-16-17-10-6-9-15-21(17)28-2/h3-15H,16H2,1-2H3,(H,23,25). The van der Waals surface area contributed by atoms with Crippen LogP contribution in [0.2, 0.25) is 0 Å². The molecule has 3 aromatic carbocycles. The van der Waals surface area contributed by atoms with Gasteiger partial charge in [0.1, 0.15) is 5.75 Å². The number of hydrogen-bond acceptors (Lipinski definition) is 4. The van der Waals surface area contributed by atoms with Crippen molar-refractivity contribution in [2.24, 2.45) is 0 Å². The first-order valence-electron chi connectivity index (χ1n) is 8.98. The van der Waals surface area contributed by atoms with E-state index in [1.54, 1.807) is 49.6 Å². The quantitative estimate of drug-likeness (QED) is 0.647. The van der Waals surface area contributed by atoms with Gasteiger partial charge in [-0.1, -0.05) is 48.5 Å². The first-order chi connectivity index (χ1) is 13.9. The zero-order chi connectivity index (χ0) is 20.9. The number of para-hydroxylation sites is 2. The highest BCUT2D eigenvalue weighted by Crippen LogP contribution is 2.26. The number of carbonyl (C=O) groups excluding carboxylic acids is 1. The summed E-state index contributed by atoms with van der Waals surface area (Å²) < 4.78 is 32.3. The summed E-state index contributed by atoms with van der Waals surface area (Å²) in [6.07, 6.45) is 0. The molecule has 6 nitrogen and oxygen atoms in total. The highest BCUT2D eigenvalue weighted by molar-refractivity contribution is 7.92. The number of sulfonamides is 1. The summed E-state index contributed by atoms with van der Waals surface area (Å²) >= 11 is 0. The Morgan fingerprint density at radius 1 is 0.931 bits per heavy atom. The Bertz CT molecular complexity index is 1100. The second-order valence-corrected chi connectivity index (χ2v) is 8.27. The van der Waals surface area contributed by atoms with Crippen LogP contribution in [0.25, 0.3) is 0 Å². The Morgan fingerprint density at radius 3 is 2.28 bits per heavy atom. The molecule has 0 aliphatic carbocycles. The summed E-state index contributed by atoms with van der Waals surface area (Å²) in [7, 11) is -0.785. The summed E-state index contributed by atoms with van der Waals surface area (Å²) in [5.74, 6) is 0.298. The maximum atomic E-state index is 12.9. The van der Waals surface area contributed by atoms with Gasteiger partial charge in [0.25, 0.3) is 15.9 Å². The van der Waals surface area contributed by atoms with Gasteiger partial charge in [-0.05, 0) is 30.3 Å². The largest absolute Gasteiger partial charge is 0.496 e. The van der Waals surface area contributed by atoms with Crippen LogP contribution in [-0.4, -0.2) is 28.5 Å². The summed E-state index contributed by atoms with van der Waals surface area (Å²) in [5.41, 5.74) is 1.39. The minimum atomic E-state index is -3.79. The molecule has 0 unspecified atom stereocenters. The molecule has 0 spiro atoms. The molecule has 7 heteroatoms. The molecule has 0 fully saturated rings. The van der Waals surface area contributed by atoms with Crippen LogP contribution in [0.1, 0.15) is 15.9 Å². The van der Waals surface area contributed by atoms with Gasteiger partial charge in [-0.2, -0.15) is 0 Å². The minimum Gasteiger partial charge on any atom is -0.496 e. The summed E-state index contributed by atoms with van der Waals surface area (Å²) in [6.45, 7) is 0.256. The van der Waals surface area contributed by atoms with Gasteiger partial charge in [-0.25, -0.2) is 8.42 Å². The van der Waals surface area contributed by atoms with Gasteiger partial charge in [-0.3, -0.25) is 9.10 Å². The Hall–Kier alpha value is -3.32. The van der Waals surface area contributed by atoms with E-state index in [2.05, 4.69) is 5.32 Å². The first-order valence-corrected chi connectivity index (χ1v) is 10.4. The molecule has 29 heavy (non-hydrogen) atoms. The number of anilines is 1. The normalized spacial score (nSPS) is 11.0. The lowest BCUT2D eigenvalue weighted by Crippen LogP contribution is -2.30. The second kappa shape index (κ2) is 8.79. The maximum Gasteiger partial charge on any atom is 0.264 e. The minimum absolute atomic E-state index is 0.159. The van der Waals surface area contributed by atoms with Crippen LogP contribution in [0.15, 0.2) is 83.8 Å². The van der Waals surface area contributed by atoms with E-state index in [-0.39, 0.29) is 22.9 Å². The Morgan fingerprint density at radius 2 is 1.55 bits per heavy atom. The van der Waals surface area contributed by atoms with Gasteiger partial charge in [0.2, 0.25) is 0 Å². The third kappa shape index (κ3) is 4.41. The van der Waals surface area contributed by atoms with Crippen LogP contribution in [0, 0.1) is 0 Å². The maximum absolute atomic E-state index is 12.9. The highest BCUT2D eigenvalue weighted by atomic mass is 32.2. The van der Waals surface area contributed by atoms with Gasteiger partial charge in [-0.15, -0.1) is 0 Å². The first kappa shape index (κ1) is 20.4. The molecule has 0 aromatic heterocycles. The monoisotopic (exact) mass is 410 g/mol. The van der Waals surface area contributed by atoms with Gasteiger partial charge in [0.05, 0.1) is 23.3 Å².